The number of anilines is 2. The summed E-state index contributed by atoms with van der Waals surface area (Å²) >= 11 is 1.62. The van der Waals surface area contributed by atoms with Crippen LogP contribution < -0.4 is 20.3 Å². The van der Waals surface area contributed by atoms with Crippen LogP contribution in [0.25, 0.3) is 11.1 Å². The first kappa shape index (κ1) is 29.1. The quantitative estimate of drug-likeness (QED) is 0.198. The van der Waals surface area contributed by atoms with Crippen molar-refractivity contribution in [3.63, 3.8) is 0 Å². The number of hydrogen-bond acceptors (Lipinski definition) is 6. The maximum atomic E-state index is 13.8. The highest BCUT2D eigenvalue weighted by Gasteiger charge is 2.37. The highest BCUT2D eigenvalue weighted by atomic mass is 32.1. The van der Waals surface area contributed by atoms with Gasteiger partial charge in [0.2, 0.25) is 0 Å². The van der Waals surface area contributed by atoms with Crippen molar-refractivity contribution in [2.45, 2.75) is 46.5 Å². The number of amides is 5. The number of benzene rings is 2. The molecule has 6 rings (SSSR count). The lowest BCUT2D eigenvalue weighted by Gasteiger charge is -2.26. The van der Waals surface area contributed by atoms with Crippen molar-refractivity contribution in [1.29, 1.82) is 0 Å². The third-order valence-corrected chi connectivity index (χ3v) is 9.37. The van der Waals surface area contributed by atoms with Gasteiger partial charge in [-0.1, -0.05) is 17.7 Å². The summed E-state index contributed by atoms with van der Waals surface area (Å²) in [5, 5.41) is 6.18. The van der Waals surface area contributed by atoms with E-state index in [2.05, 4.69) is 10.6 Å². The third-order valence-electron chi connectivity index (χ3n) is 8.09. The van der Waals surface area contributed by atoms with Crippen molar-refractivity contribution in [3.8, 4) is 10.8 Å². The molecule has 2 N–H and O–H groups in total. The van der Waals surface area contributed by atoms with Crippen molar-refractivity contribution in [2.24, 2.45) is 0 Å². The highest BCUT2D eigenvalue weighted by Crippen LogP contribution is 2.39. The number of carbonyl (C=O) groups excluding carboxylic acids is 4. The number of thiophene rings is 1. The molecule has 0 unspecified atom stereocenters. The Labute approximate surface area is 259 Å². The van der Waals surface area contributed by atoms with Gasteiger partial charge >= 0.3 is 6.03 Å². The second-order valence-electron chi connectivity index (χ2n) is 11.0. The Hall–Kier alpha value is -4.96. The number of imide groups is 2. The molecule has 1 aliphatic heterocycles. The minimum Gasteiger partial charge on any atom is -0.497 e. The van der Waals surface area contributed by atoms with Gasteiger partial charge in [-0.2, -0.15) is 0 Å². The summed E-state index contributed by atoms with van der Waals surface area (Å²) in [5.74, 6) is -1.08. The first-order valence-electron chi connectivity index (χ1n) is 14.4. The largest absolute Gasteiger partial charge is 0.497 e. The summed E-state index contributed by atoms with van der Waals surface area (Å²) < 4.78 is 7.20. The van der Waals surface area contributed by atoms with Gasteiger partial charge in [-0.05, 0) is 106 Å². The number of aromatic nitrogens is 1. The van der Waals surface area contributed by atoms with E-state index in [-0.39, 0.29) is 11.5 Å². The van der Waals surface area contributed by atoms with E-state index in [1.54, 1.807) is 35.6 Å². The summed E-state index contributed by atoms with van der Waals surface area (Å²) in [6, 6.07) is 15.2. The Bertz CT molecular complexity index is 1850. The molecule has 2 aliphatic rings. The molecule has 0 radical (unpaired) electrons. The normalized spacial score (nSPS) is 15.8. The van der Waals surface area contributed by atoms with Crippen LogP contribution in [0.2, 0.25) is 0 Å². The summed E-state index contributed by atoms with van der Waals surface area (Å²) in [6.07, 6.45) is 5.37. The van der Waals surface area contributed by atoms with Crippen molar-refractivity contribution >= 4 is 52.5 Å². The van der Waals surface area contributed by atoms with Crippen molar-refractivity contribution in [1.82, 2.24) is 9.88 Å². The number of urea groups is 1. The maximum Gasteiger partial charge on any atom is 0.335 e. The number of nitrogens with one attached hydrogen (secondary N) is 2. The summed E-state index contributed by atoms with van der Waals surface area (Å²) in [4.78, 5) is 55.1. The van der Waals surface area contributed by atoms with Crippen LogP contribution in [0.1, 0.15) is 56.2 Å². The average molecular weight is 609 g/mol. The zero-order valence-electron chi connectivity index (χ0n) is 24.9. The van der Waals surface area contributed by atoms with Crippen LogP contribution in [0.15, 0.2) is 60.2 Å². The van der Waals surface area contributed by atoms with Gasteiger partial charge in [0.15, 0.2) is 0 Å². The van der Waals surface area contributed by atoms with Gasteiger partial charge < -0.3 is 14.6 Å². The summed E-state index contributed by atoms with van der Waals surface area (Å²) in [6.45, 7) is 5.84. The lowest BCUT2D eigenvalue weighted by molar-refractivity contribution is -0.122. The summed E-state index contributed by atoms with van der Waals surface area (Å²) in [7, 11) is 1.52. The van der Waals surface area contributed by atoms with Crippen LogP contribution in [0, 0.1) is 20.8 Å². The maximum absolute atomic E-state index is 13.8. The van der Waals surface area contributed by atoms with E-state index < -0.39 is 17.8 Å². The molecule has 0 atom stereocenters. The third kappa shape index (κ3) is 5.22. The summed E-state index contributed by atoms with van der Waals surface area (Å²) in [5.41, 5.74) is 5.99. The van der Waals surface area contributed by atoms with Gasteiger partial charge in [-0.15, -0.1) is 11.3 Å². The van der Waals surface area contributed by atoms with Crippen LogP contribution in [-0.4, -0.2) is 35.4 Å². The second-order valence-corrected chi connectivity index (χ2v) is 12.1. The minimum atomic E-state index is -0.818. The predicted molar refractivity (Wildman–Crippen MR) is 171 cm³/mol. The first-order valence-corrected chi connectivity index (χ1v) is 15.2. The van der Waals surface area contributed by atoms with Crippen molar-refractivity contribution in [3.05, 3.63) is 98.7 Å². The molecule has 2 aromatic carbocycles. The minimum absolute atomic E-state index is 0.161. The van der Waals surface area contributed by atoms with E-state index in [1.807, 2.05) is 55.7 Å². The molecule has 4 aromatic rings. The zero-order valence-corrected chi connectivity index (χ0v) is 25.8. The molecule has 1 saturated heterocycles. The molecule has 0 bridgehead atoms. The van der Waals surface area contributed by atoms with Crippen molar-refractivity contribution in [2.75, 3.05) is 17.3 Å². The molecule has 9 nitrogen and oxygen atoms in total. The Morgan fingerprint density at radius 3 is 2.39 bits per heavy atom. The van der Waals surface area contributed by atoms with E-state index in [4.69, 9.17) is 4.74 Å². The fourth-order valence-electron chi connectivity index (χ4n) is 5.80. The molecular weight excluding hydrogens is 576 g/mol. The van der Waals surface area contributed by atoms with Gasteiger partial charge in [0.25, 0.3) is 17.7 Å². The fourth-order valence-corrected chi connectivity index (χ4v) is 7.30. The molecule has 0 saturated carbocycles. The van der Waals surface area contributed by atoms with E-state index in [0.717, 1.165) is 63.8 Å². The van der Waals surface area contributed by atoms with Crippen LogP contribution >= 0.6 is 11.3 Å². The second kappa shape index (κ2) is 11.6. The number of hydrogen-bond donors (Lipinski definition) is 2. The van der Waals surface area contributed by atoms with Gasteiger partial charge in [-0.25, -0.2) is 9.69 Å². The Morgan fingerprint density at radius 2 is 1.68 bits per heavy atom. The van der Waals surface area contributed by atoms with Gasteiger partial charge in [0, 0.05) is 22.0 Å². The van der Waals surface area contributed by atoms with Crippen LogP contribution in [-0.2, 0) is 22.4 Å². The van der Waals surface area contributed by atoms with Crippen molar-refractivity contribution < 1.29 is 23.9 Å². The molecule has 224 valence electrons. The number of methoxy groups -OCH3 is 1. The molecule has 10 heteroatoms. The smallest absolute Gasteiger partial charge is 0.335 e. The molecule has 44 heavy (non-hydrogen) atoms. The molecular formula is C34H32N4O5S. The molecule has 0 spiro atoms. The number of fused-ring (bicyclic) bond motifs is 1. The Morgan fingerprint density at radius 1 is 0.977 bits per heavy atom. The van der Waals surface area contributed by atoms with E-state index in [1.165, 1.54) is 18.1 Å². The van der Waals surface area contributed by atoms with Crippen LogP contribution in [0.5, 0.6) is 5.75 Å². The van der Waals surface area contributed by atoms with Crippen LogP contribution in [0.3, 0.4) is 0 Å². The van der Waals surface area contributed by atoms with Gasteiger partial charge in [-0.3, -0.25) is 19.7 Å². The number of carbonyl (C=O) groups is 4. The SMILES string of the molecule is COc1ccc(N2C(=O)NC(=O)/C(=C\c3cc(C)n(-c4sc5c(c4C(=O)Nc4ccc(C)cc4)CCCC5)c3C)C2=O)cc1. The van der Waals surface area contributed by atoms with Gasteiger partial charge in [0.1, 0.15) is 16.3 Å². The van der Waals surface area contributed by atoms with E-state index >= 15 is 0 Å². The molecule has 3 heterocycles. The Balaban J connectivity index is 1.39. The number of nitrogens with zero attached hydrogens (tertiary/aromatic N) is 2. The van der Waals surface area contributed by atoms with E-state index in [0.29, 0.717) is 22.6 Å². The first-order chi connectivity index (χ1) is 21.2. The lowest BCUT2D eigenvalue weighted by Crippen LogP contribution is -2.54. The Kier molecular flexibility index (Phi) is 7.69. The van der Waals surface area contributed by atoms with Crippen LogP contribution in [0.4, 0.5) is 16.2 Å². The molecule has 1 fully saturated rings. The molecule has 5 amide bonds. The number of barbiturate groups is 1. The standard InChI is InChI=1S/C34H32N4O5S/c1-19-9-11-23(12-10-19)35-31(40)29-26-7-5-6-8-28(26)44-33(29)37-20(2)17-22(21(37)3)18-27-30(39)36-34(42)38(32(27)41)24-13-15-25(43-4)16-14-24/h9-18H,5-8H2,1-4H3,(H,35,40)(H,36,39,42)/b27-18+. The number of ether oxygens (including phenoxy) is 1. The zero-order chi connectivity index (χ0) is 31.1. The average Bonchev–Trinajstić information content (AvgIpc) is 3.52. The molecule has 1 aliphatic carbocycles. The lowest BCUT2D eigenvalue weighted by atomic mass is 9.95. The van der Waals surface area contributed by atoms with Gasteiger partial charge in [0.05, 0.1) is 18.4 Å². The predicted octanol–water partition coefficient (Wildman–Crippen LogP) is 6.27. The van der Waals surface area contributed by atoms with E-state index in [9.17, 15) is 19.2 Å². The number of aryl methyl sites for hydroxylation is 3. The molecule has 2 aromatic heterocycles. The fraction of sp³-hybridized carbons (Fsp3) is 0.235. The highest BCUT2D eigenvalue weighted by molar-refractivity contribution is 7.15. The number of rotatable bonds is 6. The monoisotopic (exact) mass is 608 g/mol. The topological polar surface area (TPSA) is 110 Å².